The molecule has 7 heteroatoms. The summed E-state index contributed by atoms with van der Waals surface area (Å²) < 4.78 is 3.05. The Balaban J connectivity index is 1.48. The molecule has 3 aromatic heterocycles. The minimum absolute atomic E-state index is 0.130. The summed E-state index contributed by atoms with van der Waals surface area (Å²) in [5, 5.41) is 8.58. The van der Waals surface area contributed by atoms with Crippen LogP contribution in [0.25, 0.3) is 5.65 Å². The molecule has 0 spiro atoms. The van der Waals surface area contributed by atoms with E-state index in [9.17, 15) is 4.79 Å². The number of hydrogen-bond acceptors (Lipinski definition) is 4. The number of nitrogens with zero attached hydrogens (tertiary/aromatic N) is 4. The fourth-order valence-corrected chi connectivity index (χ4v) is 4.42. The van der Waals surface area contributed by atoms with E-state index in [2.05, 4.69) is 30.5 Å². The van der Waals surface area contributed by atoms with Gasteiger partial charge in [0, 0.05) is 25.2 Å². The molecule has 0 bridgehead atoms. The monoisotopic (exact) mass is 390 g/mol. The van der Waals surface area contributed by atoms with Crippen molar-refractivity contribution in [2.45, 2.75) is 18.8 Å². The summed E-state index contributed by atoms with van der Waals surface area (Å²) in [6.45, 7) is 1.53. The van der Waals surface area contributed by atoms with Gasteiger partial charge < -0.3 is 4.90 Å². The fourth-order valence-electron chi connectivity index (χ4n) is 3.06. The zero-order valence-corrected chi connectivity index (χ0v) is 14.8. The van der Waals surface area contributed by atoms with Gasteiger partial charge in [-0.3, -0.25) is 9.20 Å². The molecule has 5 nitrogen and oxygen atoms in total. The van der Waals surface area contributed by atoms with E-state index in [1.165, 1.54) is 11.3 Å². The van der Waals surface area contributed by atoms with Gasteiger partial charge in [-0.25, -0.2) is 0 Å². The van der Waals surface area contributed by atoms with Gasteiger partial charge in [0.05, 0.1) is 8.66 Å². The molecule has 4 heterocycles. The Hall–Kier alpha value is -1.73. The molecule has 4 rings (SSSR count). The van der Waals surface area contributed by atoms with Crippen LogP contribution in [0.2, 0.25) is 0 Å². The summed E-state index contributed by atoms with van der Waals surface area (Å²) in [5.41, 5.74) is 0.879. The predicted octanol–water partition coefficient (Wildman–Crippen LogP) is 3.57. The summed E-state index contributed by atoms with van der Waals surface area (Å²) in [5.74, 6) is 1.49. The topological polar surface area (TPSA) is 50.5 Å². The minimum Gasteiger partial charge on any atom is -0.338 e. The van der Waals surface area contributed by atoms with Crippen molar-refractivity contribution in [3.63, 3.8) is 0 Å². The summed E-state index contributed by atoms with van der Waals surface area (Å²) >= 11 is 4.90. The van der Waals surface area contributed by atoms with Crippen molar-refractivity contribution in [2.24, 2.45) is 0 Å². The quantitative estimate of drug-likeness (QED) is 0.671. The highest BCUT2D eigenvalue weighted by molar-refractivity contribution is 9.11. The van der Waals surface area contributed by atoms with E-state index in [0.717, 1.165) is 46.1 Å². The molecule has 1 fully saturated rings. The van der Waals surface area contributed by atoms with Gasteiger partial charge in [0.15, 0.2) is 5.65 Å². The number of carbonyl (C=O) groups excluding carboxylic acids is 1. The Morgan fingerprint density at radius 1 is 1.17 bits per heavy atom. The molecule has 1 saturated heterocycles. The largest absolute Gasteiger partial charge is 0.338 e. The van der Waals surface area contributed by atoms with Crippen molar-refractivity contribution >= 4 is 38.8 Å². The first-order chi connectivity index (χ1) is 11.2. The smallest absolute Gasteiger partial charge is 0.263 e. The minimum atomic E-state index is 0.130. The normalized spacial score (nSPS) is 16.1. The van der Waals surface area contributed by atoms with E-state index in [-0.39, 0.29) is 5.91 Å². The zero-order chi connectivity index (χ0) is 15.8. The lowest BCUT2D eigenvalue weighted by Crippen LogP contribution is -2.37. The molecule has 1 aliphatic rings. The molecular weight excluding hydrogens is 376 g/mol. The highest BCUT2D eigenvalue weighted by atomic mass is 79.9. The molecule has 0 N–H and O–H groups in total. The second kappa shape index (κ2) is 6.05. The average molecular weight is 391 g/mol. The molecule has 3 aromatic rings. The number of carbonyl (C=O) groups is 1. The number of pyridine rings is 1. The lowest BCUT2D eigenvalue weighted by atomic mass is 9.96. The Labute approximate surface area is 146 Å². The van der Waals surface area contributed by atoms with Crippen LogP contribution in [0.15, 0.2) is 40.3 Å². The zero-order valence-electron chi connectivity index (χ0n) is 12.4. The van der Waals surface area contributed by atoms with Crippen molar-refractivity contribution in [2.75, 3.05) is 13.1 Å². The second-order valence-corrected chi connectivity index (χ2v) is 8.12. The van der Waals surface area contributed by atoms with E-state index in [1.807, 2.05) is 41.4 Å². The van der Waals surface area contributed by atoms with Crippen molar-refractivity contribution in [3.05, 3.63) is 51.0 Å². The van der Waals surface area contributed by atoms with Gasteiger partial charge in [-0.2, -0.15) is 0 Å². The second-order valence-electron chi connectivity index (χ2n) is 5.66. The van der Waals surface area contributed by atoms with Crippen LogP contribution < -0.4 is 0 Å². The Kier molecular flexibility index (Phi) is 3.90. The van der Waals surface area contributed by atoms with Crippen LogP contribution in [0.4, 0.5) is 0 Å². The van der Waals surface area contributed by atoms with Crippen LogP contribution in [-0.4, -0.2) is 38.5 Å². The molecule has 0 aromatic carbocycles. The maximum atomic E-state index is 12.5. The molecule has 0 radical (unpaired) electrons. The molecule has 1 amide bonds. The maximum absolute atomic E-state index is 12.5. The summed E-state index contributed by atoms with van der Waals surface area (Å²) in [7, 11) is 0. The third kappa shape index (κ3) is 2.79. The van der Waals surface area contributed by atoms with Crippen molar-refractivity contribution in [3.8, 4) is 0 Å². The van der Waals surface area contributed by atoms with Gasteiger partial charge in [-0.15, -0.1) is 21.5 Å². The summed E-state index contributed by atoms with van der Waals surface area (Å²) in [6, 6.07) is 9.73. The molecule has 0 saturated carbocycles. The highest BCUT2D eigenvalue weighted by Gasteiger charge is 2.27. The molecular formula is C16H15BrN4OS. The third-order valence-electron chi connectivity index (χ3n) is 4.27. The fraction of sp³-hybridized carbons (Fsp3) is 0.312. The van der Waals surface area contributed by atoms with E-state index in [0.29, 0.717) is 5.92 Å². The van der Waals surface area contributed by atoms with Gasteiger partial charge in [0.1, 0.15) is 5.82 Å². The van der Waals surface area contributed by atoms with Crippen molar-refractivity contribution in [1.29, 1.82) is 0 Å². The number of fused-ring (bicyclic) bond motifs is 1. The summed E-state index contributed by atoms with van der Waals surface area (Å²) in [6.07, 6.45) is 3.85. The molecule has 0 aliphatic carbocycles. The molecule has 0 unspecified atom stereocenters. The number of aromatic nitrogens is 3. The van der Waals surface area contributed by atoms with Crippen LogP contribution in [-0.2, 0) is 0 Å². The van der Waals surface area contributed by atoms with Crippen LogP contribution in [0, 0.1) is 0 Å². The number of amides is 1. The lowest BCUT2D eigenvalue weighted by Gasteiger charge is -2.31. The number of likely N-dealkylation sites (tertiary alicyclic amines) is 1. The first kappa shape index (κ1) is 14.8. The molecule has 1 aliphatic heterocycles. The molecule has 118 valence electrons. The Morgan fingerprint density at radius 2 is 2.00 bits per heavy atom. The average Bonchev–Trinajstić information content (AvgIpc) is 3.21. The number of piperidine rings is 1. The van der Waals surface area contributed by atoms with E-state index < -0.39 is 0 Å². The third-order valence-corrected chi connectivity index (χ3v) is 5.88. The number of thiophene rings is 1. The van der Waals surface area contributed by atoms with Crippen LogP contribution >= 0.6 is 27.3 Å². The SMILES string of the molecule is O=C(c1ccc(Br)s1)N1CCC(c2nnc3ccccn23)CC1. The standard InChI is InChI=1S/C16H15BrN4OS/c17-13-5-4-12(23-13)16(22)20-9-6-11(7-10-20)15-19-18-14-3-1-2-8-21(14)15/h1-5,8,11H,6-7,9-10H2. The van der Waals surface area contributed by atoms with Gasteiger partial charge >= 0.3 is 0 Å². The van der Waals surface area contributed by atoms with Crippen LogP contribution in [0.5, 0.6) is 0 Å². The predicted molar refractivity (Wildman–Crippen MR) is 92.9 cm³/mol. The van der Waals surface area contributed by atoms with Gasteiger partial charge in [0.2, 0.25) is 0 Å². The van der Waals surface area contributed by atoms with E-state index in [1.54, 1.807) is 0 Å². The van der Waals surface area contributed by atoms with Gasteiger partial charge in [-0.1, -0.05) is 6.07 Å². The lowest BCUT2D eigenvalue weighted by molar-refractivity contribution is 0.0716. The van der Waals surface area contributed by atoms with Crippen LogP contribution in [0.1, 0.15) is 34.3 Å². The Morgan fingerprint density at radius 3 is 2.74 bits per heavy atom. The number of halogens is 1. The van der Waals surface area contributed by atoms with Crippen molar-refractivity contribution < 1.29 is 4.79 Å². The molecule has 0 atom stereocenters. The maximum Gasteiger partial charge on any atom is 0.263 e. The number of rotatable bonds is 2. The van der Waals surface area contributed by atoms with E-state index in [4.69, 9.17) is 0 Å². The number of hydrogen-bond donors (Lipinski definition) is 0. The summed E-state index contributed by atoms with van der Waals surface area (Å²) in [4.78, 5) is 15.2. The van der Waals surface area contributed by atoms with Gasteiger partial charge in [-0.05, 0) is 53.0 Å². The first-order valence-corrected chi connectivity index (χ1v) is 9.17. The van der Waals surface area contributed by atoms with E-state index >= 15 is 0 Å². The first-order valence-electron chi connectivity index (χ1n) is 7.56. The van der Waals surface area contributed by atoms with Crippen molar-refractivity contribution in [1.82, 2.24) is 19.5 Å². The van der Waals surface area contributed by atoms with Crippen LogP contribution in [0.3, 0.4) is 0 Å². The Bertz CT molecular complexity index is 851. The van der Waals surface area contributed by atoms with Gasteiger partial charge in [0.25, 0.3) is 5.91 Å². The molecule has 23 heavy (non-hydrogen) atoms. The highest BCUT2D eigenvalue weighted by Crippen LogP contribution is 2.29.